The van der Waals surface area contributed by atoms with Gasteiger partial charge in [0.05, 0.1) is 11.7 Å². The Bertz CT molecular complexity index is 1180. The van der Waals surface area contributed by atoms with E-state index in [4.69, 9.17) is 0 Å². The molecule has 12 heteroatoms. The lowest BCUT2D eigenvalue weighted by Gasteiger charge is -2.37. The van der Waals surface area contributed by atoms with Gasteiger partial charge in [-0.3, -0.25) is 19.2 Å². The van der Waals surface area contributed by atoms with E-state index >= 15 is 0 Å². The number of anilines is 1. The van der Waals surface area contributed by atoms with Crippen LogP contribution in [0.15, 0.2) is 28.7 Å². The van der Waals surface area contributed by atoms with Crippen LogP contribution in [-0.2, 0) is 27.3 Å². The predicted molar refractivity (Wildman–Crippen MR) is 144 cm³/mol. The summed E-state index contributed by atoms with van der Waals surface area (Å²) in [5.41, 5.74) is 1.44. The van der Waals surface area contributed by atoms with Gasteiger partial charge in [0.15, 0.2) is 5.01 Å². The number of fused-ring (bicyclic) bond motifs is 1. The van der Waals surface area contributed by atoms with Crippen molar-refractivity contribution in [2.45, 2.75) is 44.3 Å². The van der Waals surface area contributed by atoms with Crippen molar-refractivity contribution in [3.8, 4) is 0 Å². The summed E-state index contributed by atoms with van der Waals surface area (Å²) in [6, 6.07) is 5.86. The van der Waals surface area contributed by atoms with Gasteiger partial charge in [0.1, 0.15) is 0 Å². The minimum Gasteiger partial charge on any atom is -0.349 e. The number of thiazole rings is 1. The Morgan fingerprint density at radius 1 is 1.05 bits per heavy atom. The molecule has 0 spiro atoms. The summed E-state index contributed by atoms with van der Waals surface area (Å²) in [6.07, 6.45) is 2.15. The summed E-state index contributed by atoms with van der Waals surface area (Å²) in [6.45, 7) is 1.65. The third kappa shape index (κ3) is 6.74. The first-order valence-corrected chi connectivity index (χ1v) is 13.8. The normalized spacial score (nSPS) is 21.5. The molecule has 3 N–H and O–H groups in total. The Morgan fingerprint density at radius 2 is 1.78 bits per heavy atom. The molecule has 37 heavy (non-hydrogen) atoms. The number of nitrogens with one attached hydrogen (secondary N) is 3. The molecule has 1 aromatic heterocycles. The molecule has 1 aliphatic carbocycles. The molecule has 1 aromatic carbocycles. The Kier molecular flexibility index (Phi) is 8.60. The first kappa shape index (κ1) is 27.2. The van der Waals surface area contributed by atoms with E-state index in [1.54, 1.807) is 43.3 Å². The summed E-state index contributed by atoms with van der Waals surface area (Å²) >= 11 is 4.71. The van der Waals surface area contributed by atoms with Gasteiger partial charge in [0.25, 0.3) is 5.91 Å². The highest BCUT2D eigenvalue weighted by atomic mass is 79.9. The highest BCUT2D eigenvalue weighted by molar-refractivity contribution is 9.10. The molecule has 4 amide bonds. The number of benzene rings is 1. The lowest BCUT2D eigenvalue weighted by atomic mass is 9.81. The minimum absolute atomic E-state index is 0.0234. The van der Waals surface area contributed by atoms with Gasteiger partial charge in [0.2, 0.25) is 5.91 Å². The number of hydrogen-bond acceptors (Lipinski definition) is 7. The first-order chi connectivity index (χ1) is 17.6. The van der Waals surface area contributed by atoms with Gasteiger partial charge in [-0.05, 0) is 50.6 Å². The van der Waals surface area contributed by atoms with Crippen LogP contribution < -0.4 is 16.0 Å². The molecule has 0 radical (unpaired) electrons. The van der Waals surface area contributed by atoms with Crippen LogP contribution in [0, 0.1) is 5.92 Å². The highest BCUT2D eigenvalue weighted by Gasteiger charge is 2.37. The van der Waals surface area contributed by atoms with Crippen molar-refractivity contribution in [3.05, 3.63) is 44.3 Å². The van der Waals surface area contributed by atoms with E-state index in [2.05, 4.69) is 41.8 Å². The predicted octanol–water partition coefficient (Wildman–Crippen LogP) is 2.00. The number of carbonyl (C=O) groups is 4. The number of aromatic nitrogens is 1. The largest absolute Gasteiger partial charge is 0.349 e. The molecule has 198 valence electrons. The molecule has 2 heterocycles. The quantitative estimate of drug-likeness (QED) is 0.458. The summed E-state index contributed by atoms with van der Waals surface area (Å²) in [7, 11) is 5.44. The van der Waals surface area contributed by atoms with E-state index in [1.165, 1.54) is 11.3 Å². The molecule has 10 nitrogen and oxygen atoms in total. The molecule has 0 bridgehead atoms. The first-order valence-electron chi connectivity index (χ1n) is 12.2. The molecule has 4 rings (SSSR count). The molecule has 0 unspecified atom stereocenters. The van der Waals surface area contributed by atoms with E-state index in [-0.39, 0.29) is 17.7 Å². The fourth-order valence-electron chi connectivity index (χ4n) is 4.70. The molecule has 2 aliphatic rings. The third-order valence-corrected chi connectivity index (χ3v) is 8.31. The van der Waals surface area contributed by atoms with Crippen molar-refractivity contribution >= 4 is 56.6 Å². The van der Waals surface area contributed by atoms with Crippen LogP contribution in [0.3, 0.4) is 0 Å². The van der Waals surface area contributed by atoms with Crippen LogP contribution in [0.25, 0.3) is 0 Å². The maximum Gasteiger partial charge on any atom is 0.313 e. The number of amides is 4. The standard InChI is InChI=1S/C25H31BrN6O4S/c1-31(2)25(36)14-4-9-17(28-22(34)21(33)27-16-7-5-15(26)6-8-16)19(12-14)29-23(35)24-30-18-10-11-32(3)13-20(18)37-24/h5-8,14,17,19H,4,9-13H2,1-3H3,(H,27,33)(H,28,34)(H,29,35)/t14-,17-,19+/m0/s1. The van der Waals surface area contributed by atoms with Gasteiger partial charge in [-0.15, -0.1) is 11.3 Å². The Morgan fingerprint density at radius 3 is 2.49 bits per heavy atom. The van der Waals surface area contributed by atoms with E-state index in [0.29, 0.717) is 30.0 Å². The van der Waals surface area contributed by atoms with Crippen molar-refractivity contribution in [1.29, 1.82) is 0 Å². The number of halogens is 1. The summed E-state index contributed by atoms with van der Waals surface area (Å²) in [5.74, 6) is -2.23. The van der Waals surface area contributed by atoms with Crippen LogP contribution in [-0.4, -0.2) is 78.2 Å². The third-order valence-electron chi connectivity index (χ3n) is 6.70. The van der Waals surface area contributed by atoms with Gasteiger partial charge in [0, 0.05) is 60.6 Å². The SMILES string of the molecule is CN1CCc2nc(C(=O)N[C@@H]3C[C@@H](C(=O)N(C)C)CC[C@@H]3NC(=O)C(=O)Nc3ccc(Br)cc3)sc2C1. The smallest absolute Gasteiger partial charge is 0.313 e. The molecule has 1 aliphatic heterocycles. The topological polar surface area (TPSA) is 124 Å². The summed E-state index contributed by atoms with van der Waals surface area (Å²) in [5, 5.41) is 8.74. The number of likely N-dealkylation sites (N-methyl/N-ethyl adjacent to an activating group) is 1. The summed E-state index contributed by atoms with van der Waals surface area (Å²) in [4.78, 5) is 60.5. The number of hydrogen-bond donors (Lipinski definition) is 3. The molecular weight excluding hydrogens is 560 g/mol. The van der Waals surface area contributed by atoms with Crippen LogP contribution in [0.2, 0.25) is 0 Å². The van der Waals surface area contributed by atoms with E-state index in [9.17, 15) is 19.2 Å². The lowest BCUT2D eigenvalue weighted by Crippen LogP contribution is -2.57. The van der Waals surface area contributed by atoms with Gasteiger partial charge in [-0.2, -0.15) is 0 Å². The molecule has 1 saturated carbocycles. The van der Waals surface area contributed by atoms with Crippen molar-refractivity contribution in [2.24, 2.45) is 5.92 Å². The second-order valence-corrected chi connectivity index (χ2v) is 11.7. The zero-order valence-corrected chi connectivity index (χ0v) is 23.4. The summed E-state index contributed by atoms with van der Waals surface area (Å²) < 4.78 is 0.852. The fraction of sp³-hybridized carbons (Fsp3) is 0.480. The van der Waals surface area contributed by atoms with Gasteiger partial charge < -0.3 is 25.8 Å². The van der Waals surface area contributed by atoms with Crippen molar-refractivity contribution in [2.75, 3.05) is 33.0 Å². The maximum absolute atomic E-state index is 13.2. The van der Waals surface area contributed by atoms with Crippen molar-refractivity contribution in [1.82, 2.24) is 25.4 Å². The highest BCUT2D eigenvalue weighted by Crippen LogP contribution is 2.28. The minimum atomic E-state index is -0.796. The van der Waals surface area contributed by atoms with E-state index < -0.39 is 23.9 Å². The monoisotopic (exact) mass is 590 g/mol. The molecule has 3 atom stereocenters. The van der Waals surface area contributed by atoms with Crippen molar-refractivity contribution < 1.29 is 19.2 Å². The number of nitrogens with zero attached hydrogens (tertiary/aromatic N) is 3. The van der Waals surface area contributed by atoms with E-state index in [1.807, 2.05) is 7.05 Å². The molecule has 1 fully saturated rings. The van der Waals surface area contributed by atoms with Crippen LogP contribution >= 0.6 is 27.3 Å². The van der Waals surface area contributed by atoms with Gasteiger partial charge in [-0.1, -0.05) is 15.9 Å². The van der Waals surface area contributed by atoms with Crippen LogP contribution in [0.1, 0.15) is 39.6 Å². The van der Waals surface area contributed by atoms with Crippen molar-refractivity contribution in [3.63, 3.8) is 0 Å². The molecular formula is C25H31BrN6O4S. The van der Waals surface area contributed by atoms with Crippen LogP contribution in [0.5, 0.6) is 0 Å². The Hall–Kier alpha value is -2.83. The zero-order valence-electron chi connectivity index (χ0n) is 21.0. The second-order valence-electron chi connectivity index (χ2n) is 9.74. The Labute approximate surface area is 228 Å². The molecule has 2 aromatic rings. The zero-order chi connectivity index (χ0) is 26.7. The van der Waals surface area contributed by atoms with Crippen LogP contribution in [0.4, 0.5) is 5.69 Å². The van der Waals surface area contributed by atoms with Gasteiger partial charge >= 0.3 is 11.8 Å². The van der Waals surface area contributed by atoms with Gasteiger partial charge in [-0.25, -0.2) is 4.98 Å². The van der Waals surface area contributed by atoms with E-state index in [0.717, 1.165) is 34.6 Å². The number of rotatable bonds is 5. The Balaban J connectivity index is 1.45. The molecule has 0 saturated heterocycles. The second kappa shape index (κ2) is 11.7. The maximum atomic E-state index is 13.2. The average molecular weight is 592 g/mol. The fourth-order valence-corrected chi connectivity index (χ4v) is 6.05. The lowest BCUT2D eigenvalue weighted by molar-refractivity contribution is -0.137. The number of carbonyl (C=O) groups excluding carboxylic acids is 4. The average Bonchev–Trinajstić information content (AvgIpc) is 3.29.